The van der Waals surface area contributed by atoms with Crippen LogP contribution >= 0.6 is 0 Å². The molecular weight excluding hydrogens is 327 g/mol. The van der Waals surface area contributed by atoms with Gasteiger partial charge in [0.1, 0.15) is 6.67 Å². The number of benzene rings is 1. The Bertz CT molecular complexity index is 1040. The number of H-pyrrole nitrogens is 1. The van der Waals surface area contributed by atoms with E-state index in [1.807, 2.05) is 6.07 Å². The molecule has 1 aromatic carbocycles. The van der Waals surface area contributed by atoms with Crippen LogP contribution < -0.4 is 5.56 Å². The molecule has 0 fully saturated rings. The zero-order valence-corrected chi connectivity index (χ0v) is 12.7. The maximum atomic E-state index is 13.3. The zero-order valence-electron chi connectivity index (χ0n) is 12.7. The van der Waals surface area contributed by atoms with Gasteiger partial charge < -0.3 is 5.11 Å². The van der Waals surface area contributed by atoms with Gasteiger partial charge in [0.05, 0.1) is 22.8 Å². The number of aromatic carboxylic acids is 1. The minimum Gasteiger partial charge on any atom is -0.478 e. The van der Waals surface area contributed by atoms with Gasteiger partial charge in [-0.2, -0.15) is 5.26 Å². The molecule has 0 aliphatic heterocycles. The van der Waals surface area contributed by atoms with Crippen molar-refractivity contribution in [2.45, 2.75) is 6.67 Å². The normalized spacial score (nSPS) is 10.4. The number of carboxylic acids is 1. The van der Waals surface area contributed by atoms with Gasteiger partial charge in [-0.15, -0.1) is 0 Å². The fraction of sp³-hybridized carbons (Fsp3) is 0.0588. The van der Waals surface area contributed by atoms with Gasteiger partial charge in [-0.25, -0.2) is 18.9 Å². The summed E-state index contributed by atoms with van der Waals surface area (Å²) in [5.74, 6) is -0.797. The quantitative estimate of drug-likeness (QED) is 0.758. The third-order valence-corrected chi connectivity index (χ3v) is 3.63. The molecule has 0 bridgehead atoms. The van der Waals surface area contributed by atoms with Crippen molar-refractivity contribution in [3.05, 3.63) is 69.8 Å². The molecule has 2 heterocycles. The van der Waals surface area contributed by atoms with Crippen molar-refractivity contribution >= 4 is 5.97 Å². The highest BCUT2D eigenvalue weighted by Gasteiger charge is 2.14. The van der Waals surface area contributed by atoms with Gasteiger partial charge in [0.2, 0.25) is 0 Å². The monoisotopic (exact) mass is 338 g/mol. The van der Waals surface area contributed by atoms with E-state index in [1.54, 1.807) is 0 Å². The SMILES string of the molecule is N#Cc1ccc(-c2cn(-c3ccc(C(=O)O)cn3)[nH]c2=O)c(CF)c1. The lowest BCUT2D eigenvalue weighted by molar-refractivity contribution is 0.0696. The first-order valence-electron chi connectivity index (χ1n) is 7.14. The van der Waals surface area contributed by atoms with E-state index in [0.717, 1.165) is 0 Å². The molecule has 124 valence electrons. The summed E-state index contributed by atoms with van der Waals surface area (Å²) >= 11 is 0. The molecule has 0 spiro atoms. The summed E-state index contributed by atoms with van der Waals surface area (Å²) in [6.45, 7) is -0.818. The Labute approximate surface area is 140 Å². The van der Waals surface area contributed by atoms with Crippen LogP contribution in [-0.4, -0.2) is 25.8 Å². The van der Waals surface area contributed by atoms with Crippen LogP contribution in [0.4, 0.5) is 4.39 Å². The molecule has 2 N–H and O–H groups in total. The molecule has 0 unspecified atom stereocenters. The number of hydrogen-bond donors (Lipinski definition) is 2. The Morgan fingerprint density at radius 2 is 2.12 bits per heavy atom. The van der Waals surface area contributed by atoms with E-state index in [9.17, 15) is 14.0 Å². The van der Waals surface area contributed by atoms with Gasteiger partial charge in [0.15, 0.2) is 5.82 Å². The van der Waals surface area contributed by atoms with Gasteiger partial charge in [-0.3, -0.25) is 9.89 Å². The maximum absolute atomic E-state index is 13.3. The molecule has 0 amide bonds. The van der Waals surface area contributed by atoms with E-state index in [0.29, 0.717) is 16.9 Å². The second-order valence-electron chi connectivity index (χ2n) is 5.18. The third kappa shape index (κ3) is 3.03. The molecule has 25 heavy (non-hydrogen) atoms. The van der Waals surface area contributed by atoms with Crippen LogP contribution in [0, 0.1) is 11.3 Å². The van der Waals surface area contributed by atoms with Crippen LogP contribution in [0.25, 0.3) is 16.9 Å². The number of nitriles is 1. The highest BCUT2D eigenvalue weighted by molar-refractivity contribution is 5.87. The molecule has 0 saturated heterocycles. The van der Waals surface area contributed by atoms with Crippen LogP contribution in [-0.2, 0) is 6.67 Å². The lowest BCUT2D eigenvalue weighted by atomic mass is 10.0. The van der Waals surface area contributed by atoms with Crippen LogP contribution in [0.1, 0.15) is 21.5 Å². The Balaban J connectivity index is 2.05. The van der Waals surface area contributed by atoms with Crippen LogP contribution in [0.5, 0.6) is 0 Å². The average Bonchev–Trinajstić information content (AvgIpc) is 3.02. The summed E-state index contributed by atoms with van der Waals surface area (Å²) in [6, 6.07) is 9.14. The number of nitrogens with zero attached hydrogens (tertiary/aromatic N) is 3. The second-order valence-corrected chi connectivity index (χ2v) is 5.18. The summed E-state index contributed by atoms with van der Waals surface area (Å²) in [6.07, 6.45) is 2.62. The fourth-order valence-corrected chi connectivity index (χ4v) is 2.40. The molecule has 3 rings (SSSR count). The first-order chi connectivity index (χ1) is 12.0. The first kappa shape index (κ1) is 16.1. The summed E-state index contributed by atoms with van der Waals surface area (Å²) in [4.78, 5) is 27.1. The number of aromatic amines is 1. The van der Waals surface area contributed by atoms with E-state index >= 15 is 0 Å². The molecule has 8 heteroatoms. The summed E-state index contributed by atoms with van der Waals surface area (Å²) in [5, 5.41) is 20.3. The second kappa shape index (κ2) is 6.41. The van der Waals surface area contributed by atoms with Crippen molar-refractivity contribution < 1.29 is 14.3 Å². The average molecular weight is 338 g/mol. The van der Waals surface area contributed by atoms with Crippen molar-refractivity contribution in [1.29, 1.82) is 5.26 Å². The predicted molar refractivity (Wildman–Crippen MR) is 86.1 cm³/mol. The number of carboxylic acid groups (broad SMARTS) is 1. The summed E-state index contributed by atoms with van der Waals surface area (Å²) in [7, 11) is 0. The Morgan fingerprint density at radius 3 is 2.72 bits per heavy atom. The minimum atomic E-state index is -1.11. The Hall–Kier alpha value is -3.73. The van der Waals surface area contributed by atoms with Gasteiger partial charge in [0, 0.05) is 12.4 Å². The molecular formula is C17H11FN4O3. The number of nitrogens with one attached hydrogen (secondary N) is 1. The number of rotatable bonds is 4. The number of hydrogen-bond acceptors (Lipinski definition) is 4. The summed E-state index contributed by atoms with van der Waals surface area (Å²) < 4.78 is 14.6. The molecule has 0 saturated carbocycles. The van der Waals surface area contributed by atoms with Gasteiger partial charge >= 0.3 is 5.97 Å². The van der Waals surface area contributed by atoms with Crippen molar-refractivity contribution in [3.63, 3.8) is 0 Å². The largest absolute Gasteiger partial charge is 0.478 e. The van der Waals surface area contributed by atoms with E-state index in [-0.39, 0.29) is 16.7 Å². The minimum absolute atomic E-state index is 0.0188. The number of pyridine rings is 1. The maximum Gasteiger partial charge on any atom is 0.337 e. The fourth-order valence-electron chi connectivity index (χ4n) is 2.40. The zero-order chi connectivity index (χ0) is 18.0. The van der Waals surface area contributed by atoms with E-state index in [4.69, 9.17) is 10.4 Å². The lowest BCUT2D eigenvalue weighted by Gasteiger charge is -2.04. The Kier molecular flexibility index (Phi) is 4.14. The predicted octanol–water partition coefficient (Wildman–Crippen LogP) is 2.27. The number of aromatic nitrogens is 3. The standard InChI is InChI=1S/C17H11FN4O3/c18-6-12-5-10(7-19)1-3-13(12)14-9-22(21-16(14)23)15-4-2-11(8-20-15)17(24)25/h1-5,8-9H,6H2,(H,21,23)(H,24,25). The topological polar surface area (TPSA) is 112 Å². The van der Waals surface area contributed by atoms with Crippen molar-refractivity contribution in [2.75, 3.05) is 0 Å². The molecule has 0 radical (unpaired) electrons. The number of halogens is 1. The van der Waals surface area contributed by atoms with Crippen molar-refractivity contribution in [1.82, 2.24) is 14.8 Å². The summed E-state index contributed by atoms with van der Waals surface area (Å²) in [5.41, 5.74) is 0.702. The molecule has 2 aromatic heterocycles. The van der Waals surface area contributed by atoms with Crippen LogP contribution in [0.2, 0.25) is 0 Å². The third-order valence-electron chi connectivity index (χ3n) is 3.63. The molecule has 7 nitrogen and oxygen atoms in total. The lowest BCUT2D eigenvalue weighted by Crippen LogP contribution is -2.07. The first-order valence-corrected chi connectivity index (χ1v) is 7.14. The highest BCUT2D eigenvalue weighted by atomic mass is 19.1. The molecule has 0 aliphatic rings. The van der Waals surface area contributed by atoms with E-state index in [1.165, 1.54) is 47.4 Å². The molecule has 0 atom stereocenters. The molecule has 0 aliphatic carbocycles. The van der Waals surface area contributed by atoms with Gasteiger partial charge in [0.25, 0.3) is 5.56 Å². The highest BCUT2D eigenvalue weighted by Crippen LogP contribution is 2.23. The smallest absolute Gasteiger partial charge is 0.337 e. The number of alkyl halides is 1. The van der Waals surface area contributed by atoms with Gasteiger partial charge in [-0.05, 0) is 35.4 Å². The van der Waals surface area contributed by atoms with E-state index < -0.39 is 18.2 Å². The van der Waals surface area contributed by atoms with Crippen molar-refractivity contribution in [2.24, 2.45) is 0 Å². The van der Waals surface area contributed by atoms with E-state index in [2.05, 4.69) is 10.1 Å². The van der Waals surface area contributed by atoms with Crippen molar-refractivity contribution in [3.8, 4) is 23.0 Å². The Morgan fingerprint density at radius 1 is 1.32 bits per heavy atom. The number of carbonyl (C=O) groups is 1. The van der Waals surface area contributed by atoms with Crippen LogP contribution in [0.3, 0.4) is 0 Å². The molecule has 3 aromatic rings. The van der Waals surface area contributed by atoms with Crippen LogP contribution in [0.15, 0.2) is 47.5 Å². The van der Waals surface area contributed by atoms with Gasteiger partial charge in [-0.1, -0.05) is 6.07 Å².